The number of nitrogens with zero attached hydrogens (tertiary/aromatic N) is 1. The Morgan fingerprint density at radius 3 is 2.52 bits per heavy atom. The van der Waals surface area contributed by atoms with E-state index < -0.39 is 16.3 Å². The van der Waals surface area contributed by atoms with Crippen molar-refractivity contribution < 1.29 is 14.8 Å². The topological polar surface area (TPSA) is 92.5 Å². The SMILES string of the molecule is CCC(CC)(CNCc1cc([N+](=O)[O-])ccc1Cl)C(=O)O. The number of hydrogen-bond acceptors (Lipinski definition) is 4. The second-order valence-corrected chi connectivity index (χ2v) is 5.34. The van der Waals surface area contributed by atoms with Crippen LogP contribution in [0.2, 0.25) is 5.02 Å². The number of carbonyl (C=O) groups is 1. The Kier molecular flexibility index (Phi) is 6.11. The highest BCUT2D eigenvalue weighted by atomic mass is 35.5. The van der Waals surface area contributed by atoms with Gasteiger partial charge in [0.05, 0.1) is 10.3 Å². The van der Waals surface area contributed by atoms with E-state index in [0.29, 0.717) is 23.4 Å². The molecule has 0 saturated carbocycles. The molecule has 0 bridgehead atoms. The zero-order chi connectivity index (χ0) is 16.0. The molecule has 2 N–H and O–H groups in total. The molecule has 0 aliphatic rings. The first-order chi connectivity index (χ1) is 9.86. The fourth-order valence-corrected chi connectivity index (χ4v) is 2.31. The number of carboxylic acid groups (broad SMARTS) is 1. The minimum Gasteiger partial charge on any atom is -0.481 e. The van der Waals surface area contributed by atoms with Gasteiger partial charge in [0.1, 0.15) is 0 Å². The van der Waals surface area contributed by atoms with E-state index in [1.807, 2.05) is 13.8 Å². The summed E-state index contributed by atoms with van der Waals surface area (Å²) >= 11 is 6.00. The molecule has 1 aromatic rings. The maximum absolute atomic E-state index is 11.4. The Labute approximate surface area is 128 Å². The normalized spacial score (nSPS) is 11.4. The van der Waals surface area contributed by atoms with Gasteiger partial charge >= 0.3 is 5.97 Å². The van der Waals surface area contributed by atoms with Gasteiger partial charge in [0.25, 0.3) is 5.69 Å². The third kappa shape index (κ3) is 4.15. The summed E-state index contributed by atoms with van der Waals surface area (Å²) in [6.07, 6.45) is 1.02. The number of nitrogens with one attached hydrogen (secondary N) is 1. The molecule has 0 aliphatic carbocycles. The maximum Gasteiger partial charge on any atom is 0.310 e. The molecule has 1 rings (SSSR count). The van der Waals surface area contributed by atoms with E-state index in [0.717, 1.165) is 0 Å². The van der Waals surface area contributed by atoms with Crippen LogP contribution >= 0.6 is 11.6 Å². The highest BCUT2D eigenvalue weighted by Crippen LogP contribution is 2.26. The predicted octanol–water partition coefficient (Wildman–Crippen LogP) is 3.23. The number of halogens is 1. The van der Waals surface area contributed by atoms with Crippen LogP contribution in [-0.2, 0) is 11.3 Å². The molecule has 0 unspecified atom stereocenters. The summed E-state index contributed by atoms with van der Waals surface area (Å²) in [5, 5.41) is 23.5. The molecule has 0 spiro atoms. The van der Waals surface area contributed by atoms with Crippen molar-refractivity contribution in [2.24, 2.45) is 5.41 Å². The molecular formula is C14H19ClN2O4. The summed E-state index contributed by atoms with van der Waals surface area (Å²) in [7, 11) is 0. The number of hydrogen-bond donors (Lipinski definition) is 2. The lowest BCUT2D eigenvalue weighted by Gasteiger charge is -2.27. The molecule has 0 fully saturated rings. The molecule has 6 nitrogen and oxygen atoms in total. The highest BCUT2D eigenvalue weighted by molar-refractivity contribution is 6.31. The Morgan fingerprint density at radius 2 is 2.05 bits per heavy atom. The van der Waals surface area contributed by atoms with Crippen LogP contribution in [0.1, 0.15) is 32.3 Å². The zero-order valence-electron chi connectivity index (χ0n) is 12.1. The molecule has 0 atom stereocenters. The quantitative estimate of drug-likeness (QED) is 0.567. The van der Waals surface area contributed by atoms with Crippen LogP contribution in [-0.4, -0.2) is 22.5 Å². The van der Waals surface area contributed by atoms with Gasteiger partial charge in [-0.2, -0.15) is 0 Å². The Bertz CT molecular complexity index is 530. The van der Waals surface area contributed by atoms with Crippen molar-refractivity contribution in [1.82, 2.24) is 5.32 Å². The van der Waals surface area contributed by atoms with Gasteiger partial charge in [-0.05, 0) is 24.5 Å². The largest absolute Gasteiger partial charge is 0.481 e. The predicted molar refractivity (Wildman–Crippen MR) is 80.5 cm³/mol. The van der Waals surface area contributed by atoms with E-state index in [4.69, 9.17) is 11.6 Å². The second-order valence-electron chi connectivity index (χ2n) is 4.93. The first kappa shape index (κ1) is 17.4. The summed E-state index contributed by atoms with van der Waals surface area (Å²) in [6, 6.07) is 4.21. The van der Waals surface area contributed by atoms with Gasteiger partial charge in [0.15, 0.2) is 0 Å². The van der Waals surface area contributed by atoms with E-state index >= 15 is 0 Å². The molecule has 21 heavy (non-hydrogen) atoms. The summed E-state index contributed by atoms with van der Waals surface area (Å²) in [5.41, 5.74) is -0.281. The number of nitro benzene ring substituents is 1. The van der Waals surface area contributed by atoms with Gasteiger partial charge in [0, 0.05) is 30.2 Å². The smallest absolute Gasteiger partial charge is 0.310 e. The fraction of sp³-hybridized carbons (Fsp3) is 0.500. The van der Waals surface area contributed by atoms with Crippen molar-refractivity contribution in [2.75, 3.05) is 6.54 Å². The number of benzene rings is 1. The van der Waals surface area contributed by atoms with Crippen molar-refractivity contribution in [3.05, 3.63) is 38.9 Å². The van der Waals surface area contributed by atoms with Crippen molar-refractivity contribution in [3.8, 4) is 0 Å². The average Bonchev–Trinajstić information content (AvgIpc) is 2.45. The zero-order valence-corrected chi connectivity index (χ0v) is 12.8. The van der Waals surface area contributed by atoms with Crippen LogP contribution in [0.3, 0.4) is 0 Å². The van der Waals surface area contributed by atoms with Gasteiger partial charge in [-0.25, -0.2) is 0 Å². The van der Waals surface area contributed by atoms with Gasteiger partial charge in [-0.15, -0.1) is 0 Å². The van der Waals surface area contributed by atoms with E-state index in [2.05, 4.69) is 5.32 Å². The van der Waals surface area contributed by atoms with Gasteiger partial charge < -0.3 is 10.4 Å². The summed E-state index contributed by atoms with van der Waals surface area (Å²) < 4.78 is 0. The third-order valence-electron chi connectivity index (χ3n) is 3.83. The van der Waals surface area contributed by atoms with E-state index in [9.17, 15) is 20.0 Å². The summed E-state index contributed by atoms with van der Waals surface area (Å²) in [5.74, 6) is -0.842. The molecule has 0 radical (unpaired) electrons. The highest BCUT2D eigenvalue weighted by Gasteiger charge is 2.34. The van der Waals surface area contributed by atoms with Crippen LogP contribution in [0.4, 0.5) is 5.69 Å². The van der Waals surface area contributed by atoms with Crippen molar-refractivity contribution in [3.63, 3.8) is 0 Å². The maximum atomic E-state index is 11.4. The number of carboxylic acids is 1. The fourth-order valence-electron chi connectivity index (χ4n) is 2.12. The summed E-state index contributed by atoms with van der Waals surface area (Å²) in [6.45, 7) is 4.24. The minimum absolute atomic E-state index is 0.0355. The second kappa shape index (κ2) is 7.38. The van der Waals surface area contributed by atoms with Crippen LogP contribution < -0.4 is 5.32 Å². The monoisotopic (exact) mass is 314 g/mol. The van der Waals surface area contributed by atoms with Crippen LogP contribution in [0, 0.1) is 15.5 Å². The number of nitro groups is 1. The molecule has 0 saturated heterocycles. The Morgan fingerprint density at radius 1 is 1.43 bits per heavy atom. The lowest BCUT2D eigenvalue weighted by Crippen LogP contribution is -2.40. The standard InChI is InChI=1S/C14H19ClN2O4/c1-3-14(4-2,13(18)19)9-16-8-10-7-11(17(20)21)5-6-12(10)15/h5-7,16H,3-4,8-9H2,1-2H3,(H,18,19). The van der Waals surface area contributed by atoms with E-state index in [1.165, 1.54) is 18.2 Å². The molecule has 0 heterocycles. The number of aliphatic carboxylic acids is 1. The third-order valence-corrected chi connectivity index (χ3v) is 4.19. The van der Waals surface area contributed by atoms with Crippen molar-refractivity contribution >= 4 is 23.3 Å². The molecule has 7 heteroatoms. The minimum atomic E-state index is -0.842. The molecule has 116 valence electrons. The lowest BCUT2D eigenvalue weighted by molar-refractivity contribution is -0.384. The van der Waals surface area contributed by atoms with Gasteiger partial charge in [0.2, 0.25) is 0 Å². The van der Waals surface area contributed by atoms with Crippen molar-refractivity contribution in [1.29, 1.82) is 0 Å². The number of rotatable bonds is 8. The molecule has 0 aromatic heterocycles. The lowest BCUT2D eigenvalue weighted by atomic mass is 9.82. The first-order valence-corrected chi connectivity index (χ1v) is 7.11. The molecular weight excluding hydrogens is 296 g/mol. The van der Waals surface area contributed by atoms with E-state index in [-0.39, 0.29) is 18.8 Å². The van der Waals surface area contributed by atoms with Crippen LogP contribution in [0.25, 0.3) is 0 Å². The number of non-ortho nitro benzene ring substituents is 1. The molecule has 0 aliphatic heterocycles. The van der Waals surface area contributed by atoms with Crippen molar-refractivity contribution in [2.45, 2.75) is 33.2 Å². The van der Waals surface area contributed by atoms with Gasteiger partial charge in [-0.3, -0.25) is 14.9 Å². The first-order valence-electron chi connectivity index (χ1n) is 6.73. The van der Waals surface area contributed by atoms with Crippen LogP contribution in [0.15, 0.2) is 18.2 Å². The Balaban J connectivity index is 2.77. The van der Waals surface area contributed by atoms with Gasteiger partial charge in [-0.1, -0.05) is 25.4 Å². The average molecular weight is 315 g/mol. The summed E-state index contributed by atoms with van der Waals surface area (Å²) in [4.78, 5) is 21.6. The Hall–Kier alpha value is -1.66. The van der Waals surface area contributed by atoms with Crippen LogP contribution in [0.5, 0.6) is 0 Å². The van der Waals surface area contributed by atoms with E-state index in [1.54, 1.807) is 0 Å². The molecule has 0 amide bonds. The molecule has 1 aromatic carbocycles.